The second-order valence-electron chi connectivity index (χ2n) is 7.43. The Morgan fingerprint density at radius 1 is 0.774 bits per heavy atom. The molecule has 158 valence electrons. The minimum atomic E-state index is -0.0447. The molecule has 3 aromatic carbocycles. The molecular formula is C25H25N3O3. The van der Waals surface area contributed by atoms with E-state index in [2.05, 4.69) is 10.2 Å². The van der Waals surface area contributed by atoms with Gasteiger partial charge >= 0.3 is 0 Å². The number of nitrogens with zero attached hydrogens (tertiary/aromatic N) is 2. The zero-order valence-electron chi connectivity index (χ0n) is 17.2. The predicted molar refractivity (Wildman–Crippen MR) is 120 cm³/mol. The van der Waals surface area contributed by atoms with Crippen molar-refractivity contribution in [3.8, 4) is 11.5 Å². The molecule has 0 aromatic heterocycles. The van der Waals surface area contributed by atoms with Crippen molar-refractivity contribution < 1.29 is 14.3 Å². The first-order chi connectivity index (χ1) is 15.2. The largest absolute Gasteiger partial charge is 0.457 e. The number of ether oxygens (including phenoxy) is 1. The summed E-state index contributed by atoms with van der Waals surface area (Å²) in [5.41, 5.74) is 1.39. The van der Waals surface area contributed by atoms with Gasteiger partial charge in [0.15, 0.2) is 0 Å². The van der Waals surface area contributed by atoms with Gasteiger partial charge in [-0.25, -0.2) is 0 Å². The quantitative estimate of drug-likeness (QED) is 0.664. The number of hydrogen-bond acceptors (Lipinski definition) is 4. The van der Waals surface area contributed by atoms with Crippen LogP contribution in [-0.4, -0.2) is 54.3 Å². The van der Waals surface area contributed by atoms with Crippen molar-refractivity contribution >= 4 is 17.5 Å². The third-order valence-electron chi connectivity index (χ3n) is 5.14. The van der Waals surface area contributed by atoms with Crippen LogP contribution in [0.15, 0.2) is 84.9 Å². The van der Waals surface area contributed by atoms with Crippen molar-refractivity contribution in [1.82, 2.24) is 9.80 Å². The molecule has 0 radical (unpaired) electrons. The molecule has 3 aromatic rings. The smallest absolute Gasteiger partial charge is 0.254 e. The van der Waals surface area contributed by atoms with Gasteiger partial charge in [0.25, 0.3) is 5.91 Å². The molecule has 0 bridgehead atoms. The molecule has 4 rings (SSSR count). The summed E-state index contributed by atoms with van der Waals surface area (Å²) < 4.78 is 5.84. The highest BCUT2D eigenvalue weighted by Gasteiger charge is 2.23. The molecule has 0 spiro atoms. The van der Waals surface area contributed by atoms with E-state index in [9.17, 15) is 9.59 Å². The molecule has 0 atom stereocenters. The molecule has 1 aliphatic rings. The highest BCUT2D eigenvalue weighted by Crippen LogP contribution is 2.22. The van der Waals surface area contributed by atoms with E-state index in [1.165, 1.54) is 0 Å². The summed E-state index contributed by atoms with van der Waals surface area (Å²) in [6, 6.07) is 26.2. The minimum Gasteiger partial charge on any atom is -0.457 e. The van der Waals surface area contributed by atoms with Gasteiger partial charge in [-0.15, -0.1) is 0 Å². The highest BCUT2D eigenvalue weighted by atomic mass is 16.5. The number of anilines is 1. The highest BCUT2D eigenvalue weighted by molar-refractivity contribution is 5.95. The van der Waals surface area contributed by atoms with Gasteiger partial charge in [-0.3, -0.25) is 14.5 Å². The fourth-order valence-electron chi connectivity index (χ4n) is 3.53. The molecule has 0 aliphatic carbocycles. The third-order valence-corrected chi connectivity index (χ3v) is 5.14. The molecule has 1 heterocycles. The second-order valence-corrected chi connectivity index (χ2v) is 7.43. The van der Waals surface area contributed by atoms with Crippen LogP contribution in [-0.2, 0) is 4.79 Å². The molecule has 1 N–H and O–H groups in total. The van der Waals surface area contributed by atoms with E-state index >= 15 is 0 Å². The number of rotatable bonds is 6. The van der Waals surface area contributed by atoms with Crippen LogP contribution in [0.4, 0.5) is 5.69 Å². The average molecular weight is 415 g/mol. The van der Waals surface area contributed by atoms with E-state index in [1.807, 2.05) is 77.7 Å². The molecule has 31 heavy (non-hydrogen) atoms. The van der Waals surface area contributed by atoms with Crippen molar-refractivity contribution in [1.29, 1.82) is 0 Å². The Morgan fingerprint density at radius 3 is 2.13 bits per heavy atom. The number of carbonyl (C=O) groups excluding carboxylic acids is 2. The zero-order valence-corrected chi connectivity index (χ0v) is 17.2. The lowest BCUT2D eigenvalue weighted by atomic mass is 10.1. The van der Waals surface area contributed by atoms with Crippen molar-refractivity contribution in [2.45, 2.75) is 0 Å². The van der Waals surface area contributed by atoms with Gasteiger partial charge < -0.3 is 15.0 Å². The van der Waals surface area contributed by atoms with Gasteiger partial charge in [0, 0.05) is 37.4 Å². The SMILES string of the molecule is O=C(CN1CCN(C(=O)c2cccc(Oc3ccccc3)c2)CC1)Nc1ccccc1. The monoisotopic (exact) mass is 415 g/mol. The first-order valence-electron chi connectivity index (χ1n) is 10.4. The Bertz CT molecular complexity index is 1020. The number of hydrogen-bond donors (Lipinski definition) is 1. The number of nitrogens with one attached hydrogen (secondary N) is 1. The molecule has 1 aliphatic heterocycles. The third kappa shape index (κ3) is 5.71. The number of para-hydroxylation sites is 2. The summed E-state index contributed by atoms with van der Waals surface area (Å²) >= 11 is 0. The fourth-order valence-corrected chi connectivity index (χ4v) is 3.53. The standard InChI is InChI=1S/C25H25N3O3/c29-24(26-21-9-3-1-4-10-21)19-27-14-16-28(17-15-27)25(30)20-8-7-13-23(18-20)31-22-11-5-2-6-12-22/h1-13,18H,14-17,19H2,(H,26,29). The average Bonchev–Trinajstić information content (AvgIpc) is 2.80. The Morgan fingerprint density at radius 2 is 1.42 bits per heavy atom. The summed E-state index contributed by atoms with van der Waals surface area (Å²) in [4.78, 5) is 29.1. The second kappa shape index (κ2) is 9.91. The van der Waals surface area contributed by atoms with Crippen LogP contribution in [0.1, 0.15) is 10.4 Å². The van der Waals surface area contributed by atoms with E-state index in [4.69, 9.17) is 4.74 Å². The molecule has 1 fully saturated rings. The van der Waals surface area contributed by atoms with Gasteiger partial charge in [-0.2, -0.15) is 0 Å². The maximum atomic E-state index is 12.9. The van der Waals surface area contributed by atoms with Gasteiger partial charge in [0.1, 0.15) is 11.5 Å². The number of benzene rings is 3. The van der Waals surface area contributed by atoms with Gasteiger partial charge in [-0.1, -0.05) is 42.5 Å². The predicted octanol–water partition coefficient (Wildman–Crippen LogP) is 3.88. The summed E-state index contributed by atoms with van der Waals surface area (Å²) in [7, 11) is 0. The molecular weight excluding hydrogens is 390 g/mol. The van der Waals surface area contributed by atoms with Crippen molar-refractivity contribution in [3.63, 3.8) is 0 Å². The van der Waals surface area contributed by atoms with Crippen LogP contribution in [0.5, 0.6) is 11.5 Å². The van der Waals surface area contributed by atoms with E-state index in [-0.39, 0.29) is 11.8 Å². The number of piperazine rings is 1. The Kier molecular flexibility index (Phi) is 6.59. The zero-order chi connectivity index (χ0) is 21.5. The molecule has 6 heteroatoms. The van der Waals surface area contributed by atoms with E-state index in [1.54, 1.807) is 12.1 Å². The van der Waals surface area contributed by atoms with Crippen LogP contribution in [0.2, 0.25) is 0 Å². The lowest BCUT2D eigenvalue weighted by Crippen LogP contribution is -2.50. The summed E-state index contributed by atoms with van der Waals surface area (Å²) in [5, 5.41) is 2.90. The van der Waals surface area contributed by atoms with Crippen molar-refractivity contribution in [2.24, 2.45) is 0 Å². The maximum Gasteiger partial charge on any atom is 0.254 e. The Hall–Kier alpha value is -3.64. The van der Waals surface area contributed by atoms with Gasteiger partial charge in [-0.05, 0) is 42.5 Å². The van der Waals surface area contributed by atoms with Gasteiger partial charge in [0.2, 0.25) is 5.91 Å². The Labute approximate surface area is 182 Å². The lowest BCUT2D eigenvalue weighted by Gasteiger charge is -2.34. The topological polar surface area (TPSA) is 61.9 Å². The summed E-state index contributed by atoms with van der Waals surface area (Å²) in [6.07, 6.45) is 0. The van der Waals surface area contributed by atoms with E-state index in [0.717, 1.165) is 11.4 Å². The first-order valence-corrected chi connectivity index (χ1v) is 10.4. The fraction of sp³-hybridized carbons (Fsp3) is 0.200. The van der Waals surface area contributed by atoms with Crippen LogP contribution >= 0.6 is 0 Å². The van der Waals surface area contributed by atoms with E-state index in [0.29, 0.717) is 44.0 Å². The first kappa shape index (κ1) is 20.6. The van der Waals surface area contributed by atoms with Crippen molar-refractivity contribution in [2.75, 3.05) is 38.0 Å². The van der Waals surface area contributed by atoms with Crippen molar-refractivity contribution in [3.05, 3.63) is 90.5 Å². The summed E-state index contributed by atoms with van der Waals surface area (Å²) in [6.45, 7) is 2.81. The Balaban J connectivity index is 1.29. The molecule has 1 saturated heterocycles. The normalized spacial score (nSPS) is 14.1. The van der Waals surface area contributed by atoms with Crippen LogP contribution in [0, 0.1) is 0 Å². The number of carbonyl (C=O) groups is 2. The molecule has 0 unspecified atom stereocenters. The molecule has 0 saturated carbocycles. The van der Waals surface area contributed by atoms with Gasteiger partial charge in [0.05, 0.1) is 6.54 Å². The van der Waals surface area contributed by atoms with Crippen LogP contribution < -0.4 is 10.1 Å². The number of amides is 2. The summed E-state index contributed by atoms with van der Waals surface area (Å²) in [5.74, 6) is 1.30. The lowest BCUT2D eigenvalue weighted by molar-refractivity contribution is -0.117. The maximum absolute atomic E-state index is 12.9. The minimum absolute atomic E-state index is 0.0214. The van der Waals surface area contributed by atoms with Crippen LogP contribution in [0.25, 0.3) is 0 Å². The van der Waals surface area contributed by atoms with E-state index < -0.39 is 0 Å². The molecule has 2 amide bonds. The molecule has 6 nitrogen and oxygen atoms in total. The van der Waals surface area contributed by atoms with Crippen LogP contribution in [0.3, 0.4) is 0 Å².